The summed E-state index contributed by atoms with van der Waals surface area (Å²) in [5, 5.41) is 9.98. The molecule has 1 aromatic heterocycles. The molecule has 0 unspecified atom stereocenters. The second-order valence-corrected chi connectivity index (χ2v) is 14.4. The minimum atomic E-state index is 0.922. The third-order valence-corrected chi connectivity index (χ3v) is 11.1. The molecule has 0 aliphatic heterocycles. The van der Waals surface area contributed by atoms with Crippen molar-refractivity contribution in [2.75, 3.05) is 0 Å². The molecule has 2 nitrogen and oxygen atoms in total. The maximum atomic E-state index is 4.94. The third-order valence-electron chi connectivity index (χ3n) is 11.1. The SMILES string of the molecule is C=C(/C=C\n1cc(-c2ccc(-c3c4ccccc4c(-c4c5ccccc5c(-c5ccccc5)c5ccccc45)c4ccccc34)cc2)nc1C)c1ccccc1. The first-order valence-electron chi connectivity index (χ1n) is 19.2. The number of rotatable bonds is 7. The van der Waals surface area contributed by atoms with Crippen LogP contribution in [-0.4, -0.2) is 9.55 Å². The minimum absolute atomic E-state index is 0.922. The predicted octanol–water partition coefficient (Wildman–Crippen LogP) is 14.7. The van der Waals surface area contributed by atoms with E-state index < -0.39 is 0 Å². The molecule has 0 saturated carbocycles. The Kier molecular flexibility index (Phi) is 8.23. The van der Waals surface area contributed by atoms with E-state index in [-0.39, 0.29) is 0 Å². The molecule has 0 atom stereocenters. The number of aryl methyl sites for hydroxylation is 1. The van der Waals surface area contributed by atoms with E-state index in [4.69, 9.17) is 4.98 Å². The van der Waals surface area contributed by atoms with Gasteiger partial charge in [0.05, 0.1) is 5.69 Å². The van der Waals surface area contributed by atoms with Crippen LogP contribution in [0.15, 0.2) is 201 Å². The molecule has 0 fully saturated rings. The fourth-order valence-electron chi connectivity index (χ4n) is 8.52. The Hall–Kier alpha value is -7.29. The van der Waals surface area contributed by atoms with E-state index in [0.29, 0.717) is 0 Å². The molecule has 1 heterocycles. The summed E-state index contributed by atoms with van der Waals surface area (Å²) in [6, 6.07) is 65.7. The van der Waals surface area contributed by atoms with Crippen molar-refractivity contribution in [2.45, 2.75) is 6.92 Å². The van der Waals surface area contributed by atoms with Crippen molar-refractivity contribution in [1.82, 2.24) is 9.55 Å². The second-order valence-electron chi connectivity index (χ2n) is 14.4. The number of aromatic nitrogens is 2. The van der Waals surface area contributed by atoms with Gasteiger partial charge in [-0.1, -0.05) is 189 Å². The first-order chi connectivity index (χ1) is 27.6. The van der Waals surface area contributed by atoms with Crippen molar-refractivity contribution in [3.63, 3.8) is 0 Å². The van der Waals surface area contributed by atoms with Crippen molar-refractivity contribution in [2.24, 2.45) is 0 Å². The molecule has 0 bridgehead atoms. The van der Waals surface area contributed by atoms with Crippen LogP contribution in [0.2, 0.25) is 0 Å². The fraction of sp³-hybridized carbons (Fsp3) is 0.0185. The van der Waals surface area contributed by atoms with E-state index in [1.165, 1.54) is 76.5 Å². The molecule has 10 aromatic rings. The maximum Gasteiger partial charge on any atom is 0.110 e. The molecular weight excluding hydrogens is 677 g/mol. The first kappa shape index (κ1) is 33.3. The summed E-state index contributed by atoms with van der Waals surface area (Å²) in [4.78, 5) is 4.94. The number of nitrogens with zero attached hydrogens (tertiary/aromatic N) is 2. The van der Waals surface area contributed by atoms with Crippen molar-refractivity contribution in [3.8, 4) is 44.6 Å². The Bertz CT molecular complexity index is 3020. The van der Waals surface area contributed by atoms with Gasteiger partial charge in [-0.05, 0) is 101 Å². The lowest BCUT2D eigenvalue weighted by atomic mass is 9.81. The van der Waals surface area contributed by atoms with Crippen LogP contribution >= 0.6 is 0 Å². The molecule has 0 N–H and O–H groups in total. The summed E-state index contributed by atoms with van der Waals surface area (Å²) in [5.41, 5.74) is 11.5. The van der Waals surface area contributed by atoms with Crippen LogP contribution in [-0.2, 0) is 0 Å². The average molecular weight is 715 g/mol. The highest BCUT2D eigenvalue weighted by Crippen LogP contribution is 2.50. The van der Waals surface area contributed by atoms with Gasteiger partial charge in [0.2, 0.25) is 0 Å². The van der Waals surface area contributed by atoms with E-state index in [1.807, 2.05) is 37.4 Å². The van der Waals surface area contributed by atoms with Gasteiger partial charge in [-0.15, -0.1) is 0 Å². The topological polar surface area (TPSA) is 17.8 Å². The Morgan fingerprint density at radius 2 is 0.786 bits per heavy atom. The summed E-state index contributed by atoms with van der Waals surface area (Å²) in [5.74, 6) is 0.922. The van der Waals surface area contributed by atoms with E-state index >= 15 is 0 Å². The zero-order valence-corrected chi connectivity index (χ0v) is 31.2. The zero-order chi connectivity index (χ0) is 37.6. The standard InChI is InChI=1S/C54H38N2/c1-36(38-17-5-3-6-18-38)33-34-56-35-50(55-37(56)2)39-29-31-41(32-30-39)52-44-23-11-15-27-48(44)54(49-28-16-12-24-45(49)52)53-46-25-13-9-21-42(46)51(40-19-7-4-8-20-40)43-22-10-14-26-47(43)53/h3-35H,1H2,2H3/b34-33-. The van der Waals surface area contributed by atoms with E-state index in [0.717, 1.165) is 28.2 Å². The van der Waals surface area contributed by atoms with Gasteiger partial charge in [0.1, 0.15) is 5.82 Å². The first-order valence-corrected chi connectivity index (χ1v) is 19.2. The van der Waals surface area contributed by atoms with Crippen molar-refractivity contribution in [3.05, 3.63) is 212 Å². The van der Waals surface area contributed by atoms with E-state index in [2.05, 4.69) is 181 Å². The van der Waals surface area contributed by atoms with Gasteiger partial charge < -0.3 is 4.57 Å². The molecule has 9 aromatic carbocycles. The molecule has 0 saturated heterocycles. The number of imidazole rings is 1. The number of benzene rings is 9. The average Bonchev–Trinajstić information content (AvgIpc) is 3.64. The summed E-state index contributed by atoms with van der Waals surface area (Å²) in [6.07, 6.45) is 6.17. The van der Waals surface area contributed by atoms with Crippen LogP contribution in [0, 0.1) is 6.92 Å². The summed E-state index contributed by atoms with van der Waals surface area (Å²) in [6.45, 7) is 6.30. The highest BCUT2D eigenvalue weighted by atomic mass is 15.0. The van der Waals surface area contributed by atoms with Crippen LogP contribution in [0.4, 0.5) is 0 Å². The Labute approximate surface area is 327 Å². The lowest BCUT2D eigenvalue weighted by Crippen LogP contribution is -1.94. The zero-order valence-electron chi connectivity index (χ0n) is 31.2. The van der Waals surface area contributed by atoms with E-state index in [9.17, 15) is 0 Å². The smallest absolute Gasteiger partial charge is 0.110 e. The summed E-state index contributed by atoms with van der Waals surface area (Å²) < 4.78 is 2.07. The van der Waals surface area contributed by atoms with Gasteiger partial charge in [0.25, 0.3) is 0 Å². The molecule has 0 aliphatic carbocycles. The van der Waals surface area contributed by atoms with Gasteiger partial charge in [-0.3, -0.25) is 0 Å². The van der Waals surface area contributed by atoms with Crippen LogP contribution in [0.1, 0.15) is 11.4 Å². The number of hydrogen-bond acceptors (Lipinski definition) is 1. The van der Waals surface area contributed by atoms with Gasteiger partial charge >= 0.3 is 0 Å². The quantitative estimate of drug-likeness (QED) is 0.119. The Morgan fingerprint density at radius 3 is 1.23 bits per heavy atom. The molecule has 0 spiro atoms. The monoisotopic (exact) mass is 714 g/mol. The molecule has 56 heavy (non-hydrogen) atoms. The highest BCUT2D eigenvalue weighted by molar-refractivity contribution is 6.29. The number of allylic oxidation sites excluding steroid dienone is 2. The normalized spacial score (nSPS) is 11.7. The molecular formula is C54H38N2. The predicted molar refractivity (Wildman–Crippen MR) is 240 cm³/mol. The molecule has 2 heteroatoms. The Morgan fingerprint density at radius 1 is 0.429 bits per heavy atom. The van der Waals surface area contributed by atoms with Gasteiger partial charge in [-0.25, -0.2) is 4.98 Å². The van der Waals surface area contributed by atoms with Crippen LogP contribution in [0.3, 0.4) is 0 Å². The number of hydrogen-bond donors (Lipinski definition) is 0. The van der Waals surface area contributed by atoms with Crippen LogP contribution in [0.25, 0.3) is 99.5 Å². The third kappa shape index (κ3) is 5.63. The van der Waals surface area contributed by atoms with E-state index in [1.54, 1.807) is 0 Å². The van der Waals surface area contributed by atoms with Crippen molar-refractivity contribution >= 4 is 54.9 Å². The summed E-state index contributed by atoms with van der Waals surface area (Å²) in [7, 11) is 0. The minimum Gasteiger partial charge on any atom is -0.310 e. The highest BCUT2D eigenvalue weighted by Gasteiger charge is 2.22. The fourth-order valence-corrected chi connectivity index (χ4v) is 8.52. The number of fused-ring (bicyclic) bond motifs is 4. The molecule has 0 radical (unpaired) electrons. The second kappa shape index (κ2) is 13.8. The van der Waals surface area contributed by atoms with Gasteiger partial charge in [0.15, 0.2) is 0 Å². The van der Waals surface area contributed by atoms with Crippen LogP contribution in [0.5, 0.6) is 0 Å². The Balaban J connectivity index is 1.13. The lowest BCUT2D eigenvalue weighted by molar-refractivity contribution is 1.03. The van der Waals surface area contributed by atoms with Crippen molar-refractivity contribution in [1.29, 1.82) is 0 Å². The van der Waals surface area contributed by atoms with Gasteiger partial charge in [0, 0.05) is 18.0 Å². The largest absolute Gasteiger partial charge is 0.310 e. The molecule has 0 aliphatic rings. The molecule has 10 rings (SSSR count). The maximum absolute atomic E-state index is 4.94. The van der Waals surface area contributed by atoms with Crippen LogP contribution < -0.4 is 0 Å². The molecule has 264 valence electrons. The van der Waals surface area contributed by atoms with Crippen molar-refractivity contribution < 1.29 is 0 Å². The van der Waals surface area contributed by atoms with Gasteiger partial charge in [-0.2, -0.15) is 0 Å². The summed E-state index contributed by atoms with van der Waals surface area (Å²) >= 11 is 0. The molecule has 0 amide bonds. The lowest BCUT2D eigenvalue weighted by Gasteiger charge is -2.22.